The van der Waals surface area contributed by atoms with E-state index in [0.29, 0.717) is 0 Å². The molecular weight excluding hydrogens is 256 g/mol. The fourth-order valence-electron chi connectivity index (χ4n) is 1.98. The molecule has 0 bridgehead atoms. The van der Waals surface area contributed by atoms with Crippen LogP contribution in [0.4, 0.5) is 0 Å². The molecule has 1 unspecified atom stereocenters. The summed E-state index contributed by atoms with van der Waals surface area (Å²) >= 11 is 1.70. The van der Waals surface area contributed by atoms with Gasteiger partial charge in [0.15, 0.2) is 0 Å². The van der Waals surface area contributed by atoms with Crippen molar-refractivity contribution in [3.05, 3.63) is 64.1 Å². The Bertz CT molecular complexity index is 672. The molecule has 0 saturated heterocycles. The zero-order valence-corrected chi connectivity index (χ0v) is 11.3. The largest absolute Gasteiger partial charge is 0.319 e. The van der Waals surface area contributed by atoms with Crippen molar-refractivity contribution in [3.8, 4) is 5.69 Å². The summed E-state index contributed by atoms with van der Waals surface area (Å²) in [6.07, 6.45) is 1.73. The van der Waals surface area contributed by atoms with Gasteiger partial charge < -0.3 is 5.73 Å². The summed E-state index contributed by atoms with van der Waals surface area (Å²) in [5, 5.41) is 10.8. The number of para-hydroxylation sites is 1. The Morgan fingerprint density at radius 2 is 2.00 bits per heavy atom. The van der Waals surface area contributed by atoms with Gasteiger partial charge in [0.25, 0.3) is 0 Å². The van der Waals surface area contributed by atoms with Gasteiger partial charge in [-0.15, -0.1) is 11.3 Å². The SMILES string of the molecule is Cc1sccc1C(N)c1cnn(-c2ccccc2)n1. The number of thiophene rings is 1. The molecule has 0 radical (unpaired) electrons. The number of nitrogens with zero attached hydrogens (tertiary/aromatic N) is 3. The Balaban J connectivity index is 1.92. The summed E-state index contributed by atoms with van der Waals surface area (Å²) in [5.74, 6) is 0. The molecule has 0 aliphatic heterocycles. The monoisotopic (exact) mass is 270 g/mol. The van der Waals surface area contributed by atoms with Gasteiger partial charge in [0.2, 0.25) is 0 Å². The van der Waals surface area contributed by atoms with Crippen molar-refractivity contribution in [2.45, 2.75) is 13.0 Å². The Labute approximate surface area is 115 Å². The van der Waals surface area contributed by atoms with Crippen LogP contribution < -0.4 is 5.73 Å². The number of nitrogens with two attached hydrogens (primary N) is 1. The molecule has 96 valence electrons. The summed E-state index contributed by atoms with van der Waals surface area (Å²) in [6.45, 7) is 2.07. The van der Waals surface area contributed by atoms with Gasteiger partial charge in [0.05, 0.1) is 17.9 Å². The Hall–Kier alpha value is -1.98. The van der Waals surface area contributed by atoms with Gasteiger partial charge in [-0.05, 0) is 36.1 Å². The normalized spacial score (nSPS) is 12.5. The molecule has 1 aromatic carbocycles. The standard InChI is InChI=1S/C14H14N4S/c1-10-12(7-8-19-10)14(15)13-9-16-18(17-13)11-5-3-2-4-6-11/h2-9,14H,15H2,1H3. The summed E-state index contributed by atoms with van der Waals surface area (Å²) in [7, 11) is 0. The van der Waals surface area contributed by atoms with Gasteiger partial charge in [-0.2, -0.15) is 15.0 Å². The highest BCUT2D eigenvalue weighted by Gasteiger charge is 2.16. The van der Waals surface area contributed by atoms with Gasteiger partial charge in [-0.25, -0.2) is 0 Å². The van der Waals surface area contributed by atoms with E-state index in [1.165, 1.54) is 4.88 Å². The predicted octanol–water partition coefficient (Wildman–Crippen LogP) is 2.69. The molecule has 3 rings (SSSR count). The highest BCUT2D eigenvalue weighted by atomic mass is 32.1. The van der Waals surface area contributed by atoms with Crippen LogP contribution in [0.1, 0.15) is 22.2 Å². The lowest BCUT2D eigenvalue weighted by Gasteiger charge is -2.07. The van der Waals surface area contributed by atoms with E-state index in [1.54, 1.807) is 22.3 Å². The van der Waals surface area contributed by atoms with E-state index < -0.39 is 0 Å². The second kappa shape index (κ2) is 4.95. The Morgan fingerprint density at radius 1 is 1.21 bits per heavy atom. The minimum atomic E-state index is -0.219. The van der Waals surface area contributed by atoms with Crippen LogP contribution in [0.3, 0.4) is 0 Å². The van der Waals surface area contributed by atoms with Crippen molar-refractivity contribution >= 4 is 11.3 Å². The molecule has 19 heavy (non-hydrogen) atoms. The van der Waals surface area contributed by atoms with Gasteiger partial charge in [0.1, 0.15) is 5.69 Å². The smallest absolute Gasteiger partial charge is 0.104 e. The van der Waals surface area contributed by atoms with Crippen molar-refractivity contribution in [2.24, 2.45) is 5.73 Å². The molecule has 2 heterocycles. The van der Waals surface area contributed by atoms with Crippen molar-refractivity contribution < 1.29 is 0 Å². The Kier molecular flexibility index (Phi) is 3.15. The molecule has 0 fully saturated rings. The quantitative estimate of drug-likeness (QED) is 0.796. The Morgan fingerprint density at radius 3 is 2.68 bits per heavy atom. The summed E-state index contributed by atoms with van der Waals surface area (Å²) in [5.41, 5.74) is 9.08. The van der Waals surface area contributed by atoms with Gasteiger partial charge in [-0.1, -0.05) is 18.2 Å². The molecule has 1 atom stereocenters. The van der Waals surface area contributed by atoms with Crippen molar-refractivity contribution in [1.82, 2.24) is 15.0 Å². The summed E-state index contributed by atoms with van der Waals surface area (Å²) in [4.78, 5) is 2.83. The minimum Gasteiger partial charge on any atom is -0.319 e. The minimum absolute atomic E-state index is 0.219. The first-order valence-corrected chi connectivity index (χ1v) is 6.91. The molecule has 2 N–H and O–H groups in total. The maximum absolute atomic E-state index is 6.24. The number of aryl methyl sites for hydroxylation is 1. The second-order valence-corrected chi connectivity index (χ2v) is 5.42. The molecular formula is C14H14N4S. The van der Waals surface area contributed by atoms with Crippen LogP contribution in [-0.4, -0.2) is 15.0 Å². The molecule has 3 aromatic rings. The van der Waals surface area contributed by atoms with Gasteiger partial charge in [-0.3, -0.25) is 0 Å². The van der Waals surface area contributed by atoms with E-state index >= 15 is 0 Å². The fourth-order valence-corrected chi connectivity index (χ4v) is 2.73. The van der Waals surface area contributed by atoms with Crippen LogP contribution in [0.5, 0.6) is 0 Å². The topological polar surface area (TPSA) is 56.7 Å². The van der Waals surface area contributed by atoms with Crippen LogP contribution in [0.15, 0.2) is 48.0 Å². The zero-order chi connectivity index (χ0) is 13.2. The molecule has 2 aromatic heterocycles. The second-order valence-electron chi connectivity index (χ2n) is 4.30. The first-order valence-electron chi connectivity index (χ1n) is 6.03. The van der Waals surface area contributed by atoms with Crippen LogP contribution in [-0.2, 0) is 0 Å². The third-order valence-electron chi connectivity index (χ3n) is 3.05. The highest BCUT2D eigenvalue weighted by molar-refractivity contribution is 7.10. The van der Waals surface area contributed by atoms with Crippen molar-refractivity contribution in [1.29, 1.82) is 0 Å². The molecule has 0 spiro atoms. The average molecular weight is 270 g/mol. The first-order chi connectivity index (χ1) is 9.25. The molecule has 5 heteroatoms. The molecule has 4 nitrogen and oxygen atoms in total. The van der Waals surface area contributed by atoms with Crippen molar-refractivity contribution in [2.75, 3.05) is 0 Å². The average Bonchev–Trinajstić information content (AvgIpc) is 3.08. The third kappa shape index (κ3) is 2.30. The zero-order valence-electron chi connectivity index (χ0n) is 10.5. The first kappa shape index (κ1) is 12.1. The molecule has 0 aliphatic carbocycles. The van der Waals surface area contributed by atoms with Crippen LogP contribution >= 0.6 is 11.3 Å². The number of rotatable bonds is 3. The molecule has 0 saturated carbocycles. The van der Waals surface area contributed by atoms with E-state index in [4.69, 9.17) is 5.73 Å². The van der Waals surface area contributed by atoms with E-state index in [0.717, 1.165) is 16.9 Å². The number of hydrogen-bond donors (Lipinski definition) is 1. The number of hydrogen-bond acceptors (Lipinski definition) is 4. The van der Waals surface area contributed by atoms with E-state index in [9.17, 15) is 0 Å². The van der Waals surface area contributed by atoms with Crippen LogP contribution in [0.2, 0.25) is 0 Å². The maximum Gasteiger partial charge on any atom is 0.104 e. The van der Waals surface area contributed by atoms with Gasteiger partial charge >= 0.3 is 0 Å². The summed E-state index contributed by atoms with van der Waals surface area (Å²) in [6, 6.07) is 11.6. The van der Waals surface area contributed by atoms with E-state index in [2.05, 4.69) is 17.1 Å². The van der Waals surface area contributed by atoms with Crippen molar-refractivity contribution in [3.63, 3.8) is 0 Å². The third-order valence-corrected chi connectivity index (χ3v) is 3.91. The molecule has 0 aliphatic rings. The van der Waals surface area contributed by atoms with E-state index in [-0.39, 0.29) is 6.04 Å². The highest BCUT2D eigenvalue weighted by Crippen LogP contribution is 2.25. The molecule has 0 amide bonds. The lowest BCUT2D eigenvalue weighted by molar-refractivity contribution is 0.719. The summed E-state index contributed by atoms with van der Waals surface area (Å²) < 4.78 is 0. The van der Waals surface area contributed by atoms with Gasteiger partial charge in [0, 0.05) is 4.88 Å². The number of aromatic nitrogens is 3. The maximum atomic E-state index is 6.24. The lowest BCUT2D eigenvalue weighted by Crippen LogP contribution is -2.13. The fraction of sp³-hybridized carbons (Fsp3) is 0.143. The predicted molar refractivity (Wildman–Crippen MR) is 76.4 cm³/mol. The number of benzene rings is 1. The lowest BCUT2D eigenvalue weighted by atomic mass is 10.1. The van der Waals surface area contributed by atoms with Crippen LogP contribution in [0, 0.1) is 6.92 Å². The van der Waals surface area contributed by atoms with Crippen LogP contribution in [0.25, 0.3) is 5.69 Å². The van der Waals surface area contributed by atoms with E-state index in [1.807, 2.05) is 41.8 Å².